The summed E-state index contributed by atoms with van der Waals surface area (Å²) in [6.07, 6.45) is 8.12. The van der Waals surface area contributed by atoms with Gasteiger partial charge in [0.15, 0.2) is 5.78 Å². The summed E-state index contributed by atoms with van der Waals surface area (Å²) in [4.78, 5) is 41.8. The zero-order chi connectivity index (χ0) is 19.3. The third kappa shape index (κ3) is 3.00. The summed E-state index contributed by atoms with van der Waals surface area (Å²) >= 11 is 0. The number of aliphatic hydroxyl groups is 1. The number of Topliss-reactive ketones (excluding diaryl/α,β-unsaturated/α-hetero) is 1. The Morgan fingerprint density at radius 1 is 1.11 bits per heavy atom. The molecule has 0 aromatic carbocycles. The lowest BCUT2D eigenvalue weighted by molar-refractivity contribution is -0.141. The average molecular weight is 376 g/mol. The molecular weight excluding hydrogens is 344 g/mol. The second-order valence-corrected chi connectivity index (χ2v) is 9.49. The van der Waals surface area contributed by atoms with E-state index in [2.05, 4.69) is 0 Å². The summed E-state index contributed by atoms with van der Waals surface area (Å²) in [5.74, 6) is 0.853. The normalized spacial score (nSPS) is 42.1. The fourth-order valence-electron chi connectivity index (χ4n) is 6.24. The molecule has 1 aliphatic heterocycles. The highest BCUT2D eigenvalue weighted by Crippen LogP contribution is 2.52. The zero-order valence-electron chi connectivity index (χ0n) is 16.5. The molecule has 150 valence electrons. The molecule has 0 aromatic heterocycles. The maximum atomic E-state index is 13.4. The Balaban J connectivity index is 1.51. The number of likely N-dealkylation sites (N-methyl/N-ethyl adjacent to an activating group) is 1. The minimum atomic E-state index is -0.826. The fraction of sp³-hybridized carbons (Fsp3) is 0.857. The van der Waals surface area contributed by atoms with Gasteiger partial charge in [0, 0.05) is 13.0 Å². The Morgan fingerprint density at radius 3 is 2.41 bits per heavy atom. The van der Waals surface area contributed by atoms with Crippen molar-refractivity contribution in [2.75, 3.05) is 13.6 Å². The van der Waals surface area contributed by atoms with Crippen molar-refractivity contribution >= 4 is 17.7 Å². The second kappa shape index (κ2) is 6.87. The molecule has 4 aliphatic carbocycles. The lowest BCUT2D eigenvalue weighted by Crippen LogP contribution is -2.56. The molecule has 5 fully saturated rings. The van der Waals surface area contributed by atoms with Crippen LogP contribution in [0.25, 0.3) is 0 Å². The first-order valence-electron chi connectivity index (χ1n) is 10.6. The third-order valence-corrected chi connectivity index (χ3v) is 8.08. The molecule has 3 unspecified atom stereocenters. The lowest BCUT2D eigenvalue weighted by Gasteiger charge is -2.49. The van der Waals surface area contributed by atoms with Crippen LogP contribution >= 0.6 is 0 Å². The van der Waals surface area contributed by atoms with Crippen LogP contribution in [0.1, 0.15) is 64.7 Å². The van der Waals surface area contributed by atoms with Crippen molar-refractivity contribution < 1.29 is 19.5 Å². The summed E-state index contributed by atoms with van der Waals surface area (Å²) in [5, 5.41) is 9.84. The van der Waals surface area contributed by atoms with Crippen molar-refractivity contribution in [1.29, 1.82) is 0 Å². The number of amides is 3. The van der Waals surface area contributed by atoms with Gasteiger partial charge in [-0.25, -0.2) is 4.79 Å². The maximum Gasteiger partial charge on any atom is 0.327 e. The van der Waals surface area contributed by atoms with Crippen LogP contribution in [0, 0.1) is 23.7 Å². The molecule has 1 N–H and O–H groups in total. The molecule has 1 heterocycles. The number of hydrogen-bond donors (Lipinski definition) is 1. The maximum absolute atomic E-state index is 13.4. The predicted molar refractivity (Wildman–Crippen MR) is 99.8 cm³/mol. The highest BCUT2D eigenvalue weighted by molar-refractivity contribution is 6.09. The Kier molecular flexibility index (Phi) is 4.81. The molecule has 2 bridgehead atoms. The van der Waals surface area contributed by atoms with E-state index < -0.39 is 11.6 Å². The largest absolute Gasteiger partial charge is 0.393 e. The highest BCUT2D eigenvalue weighted by Gasteiger charge is 2.60. The number of hydrogen-bond acceptors (Lipinski definition) is 4. The van der Waals surface area contributed by atoms with E-state index >= 15 is 0 Å². The van der Waals surface area contributed by atoms with Crippen LogP contribution in [-0.2, 0) is 9.59 Å². The van der Waals surface area contributed by atoms with Crippen LogP contribution in [0.3, 0.4) is 0 Å². The molecular formula is C21H32N2O4. The van der Waals surface area contributed by atoms with E-state index in [-0.39, 0.29) is 36.1 Å². The Bertz CT molecular complexity index is 642. The monoisotopic (exact) mass is 376 g/mol. The molecule has 3 amide bonds. The van der Waals surface area contributed by atoms with Gasteiger partial charge < -0.3 is 10.0 Å². The number of carbonyl (C=O) groups excluding carboxylic acids is 3. The minimum Gasteiger partial charge on any atom is -0.393 e. The number of ketones is 1. The van der Waals surface area contributed by atoms with Gasteiger partial charge in [0.2, 0.25) is 0 Å². The smallest absolute Gasteiger partial charge is 0.327 e. The first-order valence-corrected chi connectivity index (χ1v) is 10.6. The SMILES string of the molecule is CN1C(=O)N(CC(=O)C2CCCC(O)C2)C(=O)C1(C)[C@H]1CC2CCC1CC2. The van der Waals surface area contributed by atoms with Crippen molar-refractivity contribution in [2.45, 2.75) is 76.4 Å². The van der Waals surface area contributed by atoms with Crippen LogP contribution in [0.15, 0.2) is 0 Å². The van der Waals surface area contributed by atoms with Crippen LogP contribution < -0.4 is 0 Å². The van der Waals surface area contributed by atoms with E-state index in [9.17, 15) is 19.5 Å². The van der Waals surface area contributed by atoms with Gasteiger partial charge in [0.1, 0.15) is 5.54 Å². The fourth-order valence-corrected chi connectivity index (χ4v) is 6.24. The molecule has 5 rings (SSSR count). The number of fused-ring (bicyclic) bond motifs is 3. The highest BCUT2D eigenvalue weighted by atomic mass is 16.3. The topological polar surface area (TPSA) is 77.9 Å². The molecule has 0 aromatic rings. The van der Waals surface area contributed by atoms with E-state index in [4.69, 9.17) is 0 Å². The second-order valence-electron chi connectivity index (χ2n) is 9.49. The number of imide groups is 1. The van der Waals surface area contributed by atoms with Gasteiger partial charge in [-0.2, -0.15) is 0 Å². The van der Waals surface area contributed by atoms with E-state index in [1.54, 1.807) is 11.9 Å². The lowest BCUT2D eigenvalue weighted by atomic mass is 9.59. The molecule has 1 saturated heterocycles. The van der Waals surface area contributed by atoms with Crippen molar-refractivity contribution in [3.05, 3.63) is 0 Å². The Morgan fingerprint density at radius 2 is 1.81 bits per heavy atom. The first-order chi connectivity index (χ1) is 12.8. The van der Waals surface area contributed by atoms with E-state index in [1.807, 2.05) is 6.92 Å². The molecule has 6 heteroatoms. The van der Waals surface area contributed by atoms with Gasteiger partial charge in [-0.3, -0.25) is 14.5 Å². The number of aliphatic hydroxyl groups excluding tert-OH is 1. The van der Waals surface area contributed by atoms with Gasteiger partial charge in [-0.15, -0.1) is 0 Å². The van der Waals surface area contributed by atoms with Gasteiger partial charge >= 0.3 is 6.03 Å². The predicted octanol–water partition coefficient (Wildman–Crippen LogP) is 2.59. The summed E-state index contributed by atoms with van der Waals surface area (Å²) in [6.45, 7) is 1.77. The summed E-state index contributed by atoms with van der Waals surface area (Å²) in [6, 6.07) is -0.339. The van der Waals surface area contributed by atoms with E-state index in [0.29, 0.717) is 18.3 Å². The quantitative estimate of drug-likeness (QED) is 0.765. The minimum absolute atomic E-state index is 0.0849. The van der Waals surface area contributed by atoms with E-state index in [1.165, 1.54) is 17.7 Å². The Hall–Kier alpha value is -1.43. The molecule has 0 radical (unpaired) electrons. The van der Waals surface area contributed by atoms with Crippen molar-refractivity contribution in [3.8, 4) is 0 Å². The standard InChI is InChI=1S/C21H32N2O4/c1-21(17-10-13-6-8-14(17)9-7-13)19(26)23(20(27)22(21)2)12-18(25)15-4-3-5-16(24)11-15/h13-17,24H,3-12H2,1-2H3/t13?,14?,15?,16?,17-,21?/m0/s1. The van der Waals surface area contributed by atoms with Crippen LogP contribution in [0.4, 0.5) is 4.79 Å². The number of carbonyl (C=O) groups is 3. The van der Waals surface area contributed by atoms with E-state index in [0.717, 1.165) is 38.5 Å². The first kappa shape index (κ1) is 18.9. The molecule has 5 aliphatic rings. The zero-order valence-corrected chi connectivity index (χ0v) is 16.5. The van der Waals surface area contributed by atoms with Crippen molar-refractivity contribution in [2.24, 2.45) is 23.7 Å². The van der Waals surface area contributed by atoms with Gasteiger partial charge in [0.05, 0.1) is 12.6 Å². The molecule has 6 nitrogen and oxygen atoms in total. The molecule has 0 spiro atoms. The number of urea groups is 1. The summed E-state index contributed by atoms with van der Waals surface area (Å²) in [7, 11) is 1.72. The van der Waals surface area contributed by atoms with Gasteiger partial charge in [-0.1, -0.05) is 19.3 Å². The summed E-state index contributed by atoms with van der Waals surface area (Å²) < 4.78 is 0. The van der Waals surface area contributed by atoms with Crippen LogP contribution in [-0.4, -0.2) is 57.9 Å². The van der Waals surface area contributed by atoms with Crippen molar-refractivity contribution in [1.82, 2.24) is 9.80 Å². The molecule has 4 atom stereocenters. The Labute approximate surface area is 161 Å². The number of rotatable bonds is 4. The molecule has 4 saturated carbocycles. The van der Waals surface area contributed by atoms with Gasteiger partial charge in [-0.05, 0) is 63.2 Å². The van der Waals surface area contributed by atoms with Crippen LogP contribution in [0.5, 0.6) is 0 Å². The van der Waals surface area contributed by atoms with Crippen LogP contribution in [0.2, 0.25) is 0 Å². The number of nitrogens with zero attached hydrogens (tertiary/aromatic N) is 2. The van der Waals surface area contributed by atoms with Gasteiger partial charge in [0.25, 0.3) is 5.91 Å². The summed E-state index contributed by atoms with van der Waals surface area (Å²) in [5.41, 5.74) is -0.826. The molecule has 27 heavy (non-hydrogen) atoms. The van der Waals surface area contributed by atoms with Crippen molar-refractivity contribution in [3.63, 3.8) is 0 Å². The third-order valence-electron chi connectivity index (χ3n) is 8.08. The average Bonchev–Trinajstić information content (AvgIpc) is 2.85.